The first-order valence-electron chi connectivity index (χ1n) is 9.67. The van der Waals surface area contributed by atoms with Gasteiger partial charge in [-0.1, -0.05) is 36.9 Å². The quantitative estimate of drug-likeness (QED) is 0.461. The number of aromatic nitrogens is 2. The molecule has 0 unspecified atom stereocenters. The summed E-state index contributed by atoms with van der Waals surface area (Å²) in [5.41, 5.74) is 1.39. The Labute approximate surface area is 172 Å². The summed E-state index contributed by atoms with van der Waals surface area (Å²) < 4.78 is 2.27. The molecule has 0 aliphatic carbocycles. The van der Waals surface area contributed by atoms with Crippen molar-refractivity contribution in [1.29, 1.82) is 0 Å². The Bertz CT molecular complexity index is 1030. The van der Waals surface area contributed by atoms with Crippen LogP contribution in [-0.4, -0.2) is 38.7 Å². The number of para-hydroxylation sites is 1. The summed E-state index contributed by atoms with van der Waals surface area (Å²) in [7, 11) is 0. The Morgan fingerprint density at radius 1 is 1.25 bits per heavy atom. The molecular weight excluding hydrogens is 390 g/mol. The van der Waals surface area contributed by atoms with Gasteiger partial charge in [-0.05, 0) is 49.3 Å². The molecular formula is C21H23N3O2S2. The topological polar surface area (TPSA) is 55.2 Å². The summed E-state index contributed by atoms with van der Waals surface area (Å²) in [5, 5.41) is 2.45. The molecule has 0 bridgehead atoms. The SMILES string of the molecule is CC[C@H]1CCCCN1C(=O)CSc1nc2ccsc2c(=O)n1-c1ccccc1. The number of piperidine rings is 1. The lowest BCUT2D eigenvalue weighted by molar-refractivity contribution is -0.132. The monoisotopic (exact) mass is 413 g/mol. The van der Waals surface area contributed by atoms with E-state index in [9.17, 15) is 9.59 Å². The van der Waals surface area contributed by atoms with E-state index in [-0.39, 0.29) is 11.5 Å². The first-order valence-corrected chi connectivity index (χ1v) is 11.5. The van der Waals surface area contributed by atoms with Crippen LogP contribution >= 0.6 is 23.1 Å². The Morgan fingerprint density at radius 3 is 2.86 bits per heavy atom. The second-order valence-electron chi connectivity index (χ2n) is 6.94. The van der Waals surface area contributed by atoms with Crippen molar-refractivity contribution in [3.63, 3.8) is 0 Å². The smallest absolute Gasteiger partial charge is 0.276 e. The Balaban J connectivity index is 1.65. The number of rotatable bonds is 5. The molecule has 5 nitrogen and oxygen atoms in total. The molecule has 1 amide bonds. The molecule has 4 rings (SSSR count). The molecule has 3 aromatic rings. The molecule has 1 atom stereocenters. The van der Waals surface area contributed by atoms with Crippen molar-refractivity contribution in [1.82, 2.24) is 14.5 Å². The van der Waals surface area contributed by atoms with Gasteiger partial charge in [0.15, 0.2) is 5.16 Å². The van der Waals surface area contributed by atoms with E-state index >= 15 is 0 Å². The predicted molar refractivity (Wildman–Crippen MR) is 116 cm³/mol. The Hall–Kier alpha value is -2.12. The number of thiophene rings is 1. The lowest BCUT2D eigenvalue weighted by Gasteiger charge is -2.35. The minimum absolute atomic E-state index is 0.0782. The number of fused-ring (bicyclic) bond motifs is 1. The Kier molecular flexibility index (Phi) is 5.82. The van der Waals surface area contributed by atoms with Gasteiger partial charge in [-0.2, -0.15) is 0 Å². The van der Waals surface area contributed by atoms with Gasteiger partial charge in [-0.3, -0.25) is 14.2 Å². The largest absolute Gasteiger partial charge is 0.339 e. The van der Waals surface area contributed by atoms with Crippen LogP contribution in [0.5, 0.6) is 0 Å². The fraction of sp³-hybridized carbons (Fsp3) is 0.381. The van der Waals surface area contributed by atoms with Crippen LogP contribution in [0.3, 0.4) is 0 Å². The van der Waals surface area contributed by atoms with Crippen LogP contribution in [0, 0.1) is 0 Å². The minimum atomic E-state index is -0.0782. The fourth-order valence-electron chi connectivity index (χ4n) is 3.76. The van der Waals surface area contributed by atoms with E-state index in [0.29, 0.717) is 27.2 Å². The van der Waals surface area contributed by atoms with Crippen molar-refractivity contribution >= 4 is 39.2 Å². The van der Waals surface area contributed by atoms with Crippen molar-refractivity contribution in [3.8, 4) is 5.69 Å². The zero-order chi connectivity index (χ0) is 19.5. The van der Waals surface area contributed by atoms with Crippen molar-refractivity contribution in [2.24, 2.45) is 0 Å². The summed E-state index contributed by atoms with van der Waals surface area (Å²) in [6, 6.07) is 11.7. The second-order valence-corrected chi connectivity index (χ2v) is 8.80. The zero-order valence-electron chi connectivity index (χ0n) is 15.8. The maximum Gasteiger partial charge on any atom is 0.276 e. The number of hydrogen-bond donors (Lipinski definition) is 0. The van der Waals surface area contributed by atoms with Gasteiger partial charge < -0.3 is 4.90 Å². The molecule has 0 saturated carbocycles. The molecule has 7 heteroatoms. The number of nitrogens with zero attached hydrogens (tertiary/aromatic N) is 3. The highest BCUT2D eigenvalue weighted by Crippen LogP contribution is 2.25. The van der Waals surface area contributed by atoms with Gasteiger partial charge in [0.25, 0.3) is 5.56 Å². The van der Waals surface area contributed by atoms with Crippen LogP contribution in [0.2, 0.25) is 0 Å². The number of amides is 1. The third kappa shape index (κ3) is 3.73. The maximum absolute atomic E-state index is 13.1. The summed E-state index contributed by atoms with van der Waals surface area (Å²) in [6.45, 7) is 2.98. The fourth-order valence-corrected chi connectivity index (χ4v) is 5.41. The van der Waals surface area contributed by atoms with Gasteiger partial charge in [0.1, 0.15) is 4.70 Å². The molecule has 0 radical (unpaired) electrons. The van der Waals surface area contributed by atoms with Gasteiger partial charge in [-0.15, -0.1) is 11.3 Å². The van der Waals surface area contributed by atoms with E-state index < -0.39 is 0 Å². The van der Waals surface area contributed by atoms with Crippen LogP contribution in [0.1, 0.15) is 32.6 Å². The maximum atomic E-state index is 13.1. The highest BCUT2D eigenvalue weighted by molar-refractivity contribution is 7.99. The van der Waals surface area contributed by atoms with Crippen molar-refractivity contribution in [3.05, 3.63) is 52.1 Å². The molecule has 1 aliphatic heterocycles. The average Bonchev–Trinajstić information content (AvgIpc) is 3.21. The normalized spacial score (nSPS) is 17.2. The molecule has 146 valence electrons. The van der Waals surface area contributed by atoms with Crippen LogP contribution in [0.4, 0.5) is 0 Å². The molecule has 28 heavy (non-hydrogen) atoms. The van der Waals surface area contributed by atoms with Gasteiger partial charge in [-0.25, -0.2) is 4.98 Å². The molecule has 1 fully saturated rings. The molecule has 1 aromatic carbocycles. The minimum Gasteiger partial charge on any atom is -0.339 e. The van der Waals surface area contributed by atoms with Gasteiger partial charge >= 0.3 is 0 Å². The van der Waals surface area contributed by atoms with E-state index in [1.54, 1.807) is 4.57 Å². The lowest BCUT2D eigenvalue weighted by atomic mass is 10.0. The number of thioether (sulfide) groups is 1. The van der Waals surface area contributed by atoms with Crippen LogP contribution in [0.15, 0.2) is 51.7 Å². The van der Waals surface area contributed by atoms with E-state index in [1.807, 2.05) is 46.7 Å². The van der Waals surface area contributed by atoms with Crippen LogP contribution < -0.4 is 5.56 Å². The van der Waals surface area contributed by atoms with E-state index in [1.165, 1.54) is 29.5 Å². The number of hydrogen-bond acceptors (Lipinski definition) is 5. The first kappa shape index (κ1) is 19.2. The lowest BCUT2D eigenvalue weighted by Crippen LogP contribution is -2.44. The Morgan fingerprint density at radius 2 is 2.07 bits per heavy atom. The van der Waals surface area contributed by atoms with Crippen molar-refractivity contribution in [2.75, 3.05) is 12.3 Å². The number of carbonyl (C=O) groups is 1. The molecule has 1 aliphatic rings. The van der Waals surface area contributed by atoms with Crippen LogP contribution in [0.25, 0.3) is 15.9 Å². The van der Waals surface area contributed by atoms with Crippen molar-refractivity contribution in [2.45, 2.75) is 43.8 Å². The van der Waals surface area contributed by atoms with Gasteiger partial charge in [0.2, 0.25) is 5.91 Å². The van der Waals surface area contributed by atoms with E-state index in [4.69, 9.17) is 4.98 Å². The number of carbonyl (C=O) groups excluding carboxylic acids is 1. The molecule has 0 N–H and O–H groups in total. The summed E-state index contributed by atoms with van der Waals surface area (Å²) in [6.07, 6.45) is 4.34. The van der Waals surface area contributed by atoms with Gasteiger partial charge in [0, 0.05) is 12.6 Å². The number of likely N-dealkylation sites (tertiary alicyclic amines) is 1. The van der Waals surface area contributed by atoms with Gasteiger partial charge in [0.05, 0.1) is 17.0 Å². The third-order valence-electron chi connectivity index (χ3n) is 5.21. The first-order chi connectivity index (χ1) is 13.7. The summed E-state index contributed by atoms with van der Waals surface area (Å²) >= 11 is 2.76. The zero-order valence-corrected chi connectivity index (χ0v) is 17.5. The second kappa shape index (κ2) is 8.49. The van der Waals surface area contributed by atoms with E-state index in [0.717, 1.165) is 31.5 Å². The summed E-state index contributed by atoms with van der Waals surface area (Å²) in [4.78, 5) is 32.7. The predicted octanol–water partition coefficient (Wildman–Crippen LogP) is 4.33. The average molecular weight is 414 g/mol. The van der Waals surface area contributed by atoms with Crippen molar-refractivity contribution < 1.29 is 4.79 Å². The highest BCUT2D eigenvalue weighted by atomic mass is 32.2. The summed E-state index contributed by atoms with van der Waals surface area (Å²) in [5.74, 6) is 0.432. The van der Waals surface area contributed by atoms with E-state index in [2.05, 4.69) is 6.92 Å². The van der Waals surface area contributed by atoms with Crippen LogP contribution in [-0.2, 0) is 4.79 Å². The molecule has 3 heterocycles. The highest BCUT2D eigenvalue weighted by Gasteiger charge is 2.26. The molecule has 1 saturated heterocycles. The standard InChI is InChI=1S/C21H23N3O2S2/c1-2-15-8-6-7-12-23(15)18(25)14-28-21-22-17-11-13-27-19(17)20(26)24(21)16-9-4-3-5-10-16/h3-5,9-11,13,15H,2,6-8,12,14H2,1H3/t15-/m0/s1. The molecule has 0 spiro atoms. The number of benzene rings is 1. The molecule has 2 aromatic heterocycles. The third-order valence-corrected chi connectivity index (χ3v) is 7.02.